The highest BCUT2D eigenvalue weighted by Gasteiger charge is 2.25. The van der Waals surface area contributed by atoms with Gasteiger partial charge >= 0.3 is 6.00 Å². The highest BCUT2D eigenvalue weighted by molar-refractivity contribution is 7.64. The van der Waals surface area contributed by atoms with Gasteiger partial charge in [0.2, 0.25) is 0 Å². The average Bonchev–Trinajstić information content (AvgIpc) is 2.63. The molecule has 5 heteroatoms. The summed E-state index contributed by atoms with van der Waals surface area (Å²) < 4.78 is 5.99. The molecule has 1 fully saturated rings. The van der Waals surface area contributed by atoms with Gasteiger partial charge in [0.05, 0.1) is 6.10 Å². The second-order valence-electron chi connectivity index (χ2n) is 7.62. The summed E-state index contributed by atoms with van der Waals surface area (Å²) in [4.78, 5) is 0. The van der Waals surface area contributed by atoms with Crippen LogP contribution >= 0.6 is 33.2 Å². The van der Waals surface area contributed by atoms with Crippen LogP contribution < -0.4 is 0 Å². The minimum Gasteiger partial charge on any atom is -0.378 e. The van der Waals surface area contributed by atoms with Gasteiger partial charge in [0.1, 0.15) is 0 Å². The fourth-order valence-electron chi connectivity index (χ4n) is 3.80. The van der Waals surface area contributed by atoms with Gasteiger partial charge in [0.15, 0.2) is 0 Å². The van der Waals surface area contributed by atoms with Crippen LogP contribution in [-0.4, -0.2) is 18.7 Å². The summed E-state index contributed by atoms with van der Waals surface area (Å²) >= 11 is 17.7. The molecule has 1 aromatic rings. The fraction of sp³-hybridized carbons (Fsp3) is 0.714. The first kappa shape index (κ1) is 22.6. The van der Waals surface area contributed by atoms with Crippen molar-refractivity contribution in [2.45, 2.75) is 89.2 Å². The Balaban J connectivity index is 1.65. The minimum absolute atomic E-state index is 0.390. The molecular weight excluding hydrogens is 403 g/mol. The van der Waals surface area contributed by atoms with E-state index in [1.54, 1.807) is 0 Å². The fourth-order valence-corrected chi connectivity index (χ4v) is 5.55. The van der Waals surface area contributed by atoms with E-state index in [-0.39, 0.29) is 0 Å². The summed E-state index contributed by atoms with van der Waals surface area (Å²) in [5.74, 6) is 0.692. The Morgan fingerprint density at radius 2 is 1.62 bits per heavy atom. The van der Waals surface area contributed by atoms with Crippen molar-refractivity contribution in [2.24, 2.45) is 0 Å². The Labute approximate surface area is 174 Å². The zero-order valence-corrected chi connectivity index (χ0v) is 19.3. The highest BCUT2D eigenvalue weighted by Crippen LogP contribution is 2.34. The summed E-state index contributed by atoms with van der Waals surface area (Å²) in [6, 6.07) is 7.60. The largest absolute Gasteiger partial charge is 0.378 e. The molecule has 2 rings (SSSR count). The molecule has 1 aromatic carbocycles. The molecule has 148 valence electrons. The molecular formula is C21H33Cl3OSi. The van der Waals surface area contributed by atoms with Crippen molar-refractivity contribution < 1.29 is 4.74 Å². The third kappa shape index (κ3) is 8.97. The van der Waals surface area contributed by atoms with E-state index >= 15 is 0 Å². The van der Waals surface area contributed by atoms with Gasteiger partial charge in [-0.25, -0.2) is 0 Å². The summed E-state index contributed by atoms with van der Waals surface area (Å²) in [5, 5.41) is 0. The number of rotatable bonds is 11. The molecule has 0 aliphatic heterocycles. The van der Waals surface area contributed by atoms with Gasteiger partial charge < -0.3 is 4.74 Å². The van der Waals surface area contributed by atoms with Gasteiger partial charge in [-0.15, -0.1) is 33.2 Å². The normalized spacial score (nSPS) is 21.1. The lowest BCUT2D eigenvalue weighted by molar-refractivity contribution is 0.0251. The van der Waals surface area contributed by atoms with Crippen LogP contribution in [0, 0.1) is 0 Å². The zero-order valence-electron chi connectivity index (χ0n) is 16.0. The molecule has 0 radical (unpaired) electrons. The first-order chi connectivity index (χ1) is 12.5. The lowest BCUT2D eigenvalue weighted by atomic mass is 9.82. The number of halogens is 3. The van der Waals surface area contributed by atoms with Crippen LogP contribution in [0.3, 0.4) is 0 Å². The Bertz CT molecular complexity index is 493. The molecule has 1 aliphatic carbocycles. The minimum atomic E-state index is -2.48. The van der Waals surface area contributed by atoms with Crippen LogP contribution in [0.1, 0.15) is 81.8 Å². The van der Waals surface area contributed by atoms with Crippen molar-refractivity contribution in [3.05, 3.63) is 35.4 Å². The molecule has 0 N–H and O–H groups in total. The molecule has 0 amide bonds. The number of aryl methyl sites for hydroxylation is 1. The molecule has 0 unspecified atom stereocenters. The summed E-state index contributed by atoms with van der Waals surface area (Å²) in [6.45, 7) is 2.99. The predicted molar refractivity (Wildman–Crippen MR) is 118 cm³/mol. The molecule has 0 bridgehead atoms. The Morgan fingerprint density at radius 1 is 0.923 bits per heavy atom. The van der Waals surface area contributed by atoms with Gasteiger partial charge in [0.25, 0.3) is 0 Å². The quantitative estimate of drug-likeness (QED) is 0.195. The van der Waals surface area contributed by atoms with E-state index in [0.29, 0.717) is 18.1 Å². The molecule has 0 spiro atoms. The SMILES string of the molecule is CCCCCCc1ccc([C@H]2CC[C@H](OCCC[Si](Cl)(Cl)Cl)CC2)cc1. The van der Waals surface area contributed by atoms with E-state index in [1.165, 1.54) is 56.1 Å². The lowest BCUT2D eigenvalue weighted by Crippen LogP contribution is -2.22. The van der Waals surface area contributed by atoms with Crippen molar-refractivity contribution >= 4 is 39.2 Å². The van der Waals surface area contributed by atoms with Crippen molar-refractivity contribution in [1.29, 1.82) is 0 Å². The predicted octanol–water partition coefficient (Wildman–Crippen LogP) is 7.90. The summed E-state index contributed by atoms with van der Waals surface area (Å²) in [5.41, 5.74) is 2.99. The monoisotopic (exact) mass is 434 g/mol. The highest BCUT2D eigenvalue weighted by atomic mass is 35.8. The van der Waals surface area contributed by atoms with Crippen molar-refractivity contribution in [2.75, 3.05) is 6.61 Å². The van der Waals surface area contributed by atoms with Gasteiger partial charge in [-0.3, -0.25) is 0 Å². The van der Waals surface area contributed by atoms with Gasteiger partial charge in [-0.2, -0.15) is 0 Å². The Morgan fingerprint density at radius 3 is 2.23 bits per heavy atom. The van der Waals surface area contributed by atoms with Crippen molar-refractivity contribution in [3.63, 3.8) is 0 Å². The second-order valence-corrected chi connectivity index (χ2v) is 16.9. The number of benzene rings is 1. The average molecular weight is 436 g/mol. The van der Waals surface area contributed by atoms with Crippen LogP contribution in [-0.2, 0) is 11.2 Å². The van der Waals surface area contributed by atoms with Gasteiger partial charge in [-0.05, 0) is 68.0 Å². The zero-order chi connectivity index (χ0) is 18.8. The molecule has 1 aliphatic rings. The molecule has 1 saturated carbocycles. The van der Waals surface area contributed by atoms with Crippen LogP contribution in [0.15, 0.2) is 24.3 Å². The van der Waals surface area contributed by atoms with E-state index in [9.17, 15) is 0 Å². The third-order valence-corrected chi connectivity index (χ3v) is 8.02. The van der Waals surface area contributed by atoms with Gasteiger partial charge in [0, 0.05) is 6.61 Å². The van der Waals surface area contributed by atoms with E-state index in [1.807, 2.05) is 0 Å². The molecule has 0 atom stereocenters. The summed E-state index contributed by atoms with van der Waals surface area (Å²) in [7, 11) is 0. The van der Waals surface area contributed by atoms with E-state index in [4.69, 9.17) is 38.0 Å². The molecule has 0 saturated heterocycles. The molecule has 1 nitrogen and oxygen atoms in total. The smallest absolute Gasteiger partial charge is 0.341 e. The van der Waals surface area contributed by atoms with Crippen LogP contribution in [0.4, 0.5) is 0 Å². The lowest BCUT2D eigenvalue weighted by Gasteiger charge is -2.29. The third-order valence-electron chi connectivity index (χ3n) is 5.40. The number of unbranched alkanes of at least 4 members (excludes halogenated alkanes) is 3. The van der Waals surface area contributed by atoms with Crippen molar-refractivity contribution in [3.8, 4) is 0 Å². The standard InChI is InChI=1S/C21H33Cl3OSi/c1-2-3-4-5-7-18-8-10-19(11-9-18)20-12-14-21(15-13-20)25-16-6-17-26(22,23)24/h8-11,20-21H,2-7,12-17H2,1H3/t20-,21-. The van der Waals surface area contributed by atoms with E-state index < -0.39 is 6.00 Å². The van der Waals surface area contributed by atoms with E-state index in [2.05, 4.69) is 31.2 Å². The Kier molecular flexibility index (Phi) is 10.4. The van der Waals surface area contributed by atoms with Gasteiger partial charge in [-0.1, -0.05) is 50.5 Å². The first-order valence-electron chi connectivity index (χ1n) is 10.2. The number of hydrogen-bond donors (Lipinski definition) is 0. The first-order valence-corrected chi connectivity index (χ1v) is 15.5. The number of hydrogen-bond acceptors (Lipinski definition) is 1. The molecule has 0 aromatic heterocycles. The topological polar surface area (TPSA) is 9.23 Å². The summed E-state index contributed by atoms with van der Waals surface area (Å²) in [6.07, 6.45) is 12.5. The molecule has 26 heavy (non-hydrogen) atoms. The van der Waals surface area contributed by atoms with Crippen LogP contribution in [0.5, 0.6) is 0 Å². The van der Waals surface area contributed by atoms with Crippen molar-refractivity contribution in [1.82, 2.24) is 0 Å². The Hall–Kier alpha value is 0.267. The van der Waals surface area contributed by atoms with Crippen LogP contribution in [0.2, 0.25) is 6.04 Å². The number of ether oxygens (including phenoxy) is 1. The maximum atomic E-state index is 5.99. The maximum absolute atomic E-state index is 5.99. The van der Waals surface area contributed by atoms with E-state index in [0.717, 1.165) is 25.9 Å². The maximum Gasteiger partial charge on any atom is 0.341 e. The van der Waals surface area contributed by atoms with Crippen LogP contribution in [0.25, 0.3) is 0 Å². The second kappa shape index (κ2) is 12.0. The molecule has 0 heterocycles.